The minimum atomic E-state index is -0.667. The van der Waals surface area contributed by atoms with Crippen LogP contribution in [0, 0.1) is 5.92 Å². The standard InChI is InChI=1S/C25H32N2O5/c1-17-20(15-28)21(26-23(29)32-25(2,3)4)22(19-13-9-6-10-14-19)27(17)24(30)31-16-18-11-7-5-8-12-18/h5-14,17,20-22,28H,15-16H2,1-4H3,(H,26,29)/t17-,20+,21+,22-/m0/s1. The summed E-state index contributed by atoms with van der Waals surface area (Å²) in [4.78, 5) is 27.4. The highest BCUT2D eigenvalue weighted by Gasteiger charge is 2.51. The van der Waals surface area contributed by atoms with E-state index in [0.29, 0.717) is 0 Å². The van der Waals surface area contributed by atoms with Crippen LogP contribution in [0.1, 0.15) is 44.9 Å². The summed E-state index contributed by atoms with van der Waals surface area (Å²) in [7, 11) is 0. The number of alkyl carbamates (subject to hydrolysis) is 1. The molecule has 0 saturated carbocycles. The van der Waals surface area contributed by atoms with Crippen molar-refractivity contribution in [1.82, 2.24) is 10.2 Å². The van der Waals surface area contributed by atoms with E-state index in [9.17, 15) is 14.7 Å². The number of nitrogens with zero attached hydrogens (tertiary/aromatic N) is 1. The molecule has 0 unspecified atom stereocenters. The van der Waals surface area contributed by atoms with E-state index in [1.54, 1.807) is 25.7 Å². The van der Waals surface area contributed by atoms with Gasteiger partial charge in [0.25, 0.3) is 0 Å². The van der Waals surface area contributed by atoms with Gasteiger partial charge in [0.05, 0.1) is 12.1 Å². The van der Waals surface area contributed by atoms with Crippen molar-refractivity contribution in [2.75, 3.05) is 6.61 Å². The molecule has 0 spiro atoms. The number of aliphatic hydroxyl groups is 1. The van der Waals surface area contributed by atoms with Gasteiger partial charge in [-0.05, 0) is 38.8 Å². The van der Waals surface area contributed by atoms with Crippen LogP contribution >= 0.6 is 0 Å². The third-order valence-corrected chi connectivity index (χ3v) is 5.61. The molecule has 1 fully saturated rings. The Morgan fingerprint density at radius 2 is 1.62 bits per heavy atom. The van der Waals surface area contributed by atoms with Crippen LogP contribution in [0.15, 0.2) is 60.7 Å². The summed E-state index contributed by atoms with van der Waals surface area (Å²) in [5.74, 6) is -0.392. The molecule has 172 valence electrons. The molecular weight excluding hydrogens is 408 g/mol. The molecule has 2 amide bonds. The molecule has 3 rings (SSSR count). The van der Waals surface area contributed by atoms with Gasteiger partial charge >= 0.3 is 12.2 Å². The summed E-state index contributed by atoms with van der Waals surface area (Å²) in [6.07, 6.45) is -1.09. The second-order valence-electron chi connectivity index (χ2n) is 9.06. The van der Waals surface area contributed by atoms with Crippen molar-refractivity contribution in [2.45, 2.75) is 58.0 Å². The van der Waals surface area contributed by atoms with Crippen molar-refractivity contribution in [3.8, 4) is 0 Å². The van der Waals surface area contributed by atoms with Gasteiger partial charge in [-0.1, -0.05) is 60.7 Å². The van der Waals surface area contributed by atoms with E-state index in [1.165, 1.54) is 0 Å². The van der Waals surface area contributed by atoms with Gasteiger partial charge in [-0.2, -0.15) is 0 Å². The van der Waals surface area contributed by atoms with Gasteiger partial charge in [-0.15, -0.1) is 0 Å². The zero-order chi connectivity index (χ0) is 23.3. The van der Waals surface area contributed by atoms with Crippen LogP contribution in [0.2, 0.25) is 0 Å². The molecule has 0 aromatic heterocycles. The lowest BCUT2D eigenvalue weighted by Gasteiger charge is -2.30. The Morgan fingerprint density at radius 1 is 1.03 bits per heavy atom. The predicted molar refractivity (Wildman–Crippen MR) is 121 cm³/mol. The summed E-state index contributed by atoms with van der Waals surface area (Å²) < 4.78 is 11.1. The van der Waals surface area contributed by atoms with Crippen LogP contribution in [0.25, 0.3) is 0 Å². The fourth-order valence-corrected chi connectivity index (χ4v) is 4.15. The maximum absolute atomic E-state index is 13.2. The number of hydrogen-bond donors (Lipinski definition) is 2. The Kier molecular flexibility index (Phi) is 7.40. The van der Waals surface area contributed by atoms with Crippen LogP contribution in [-0.2, 0) is 16.1 Å². The first kappa shape index (κ1) is 23.6. The molecule has 1 saturated heterocycles. The third kappa shape index (κ3) is 5.59. The van der Waals surface area contributed by atoms with Gasteiger partial charge < -0.3 is 19.9 Å². The van der Waals surface area contributed by atoms with Crippen LogP contribution < -0.4 is 5.32 Å². The predicted octanol–water partition coefficient (Wildman–Crippen LogP) is 4.27. The fourth-order valence-electron chi connectivity index (χ4n) is 4.15. The summed E-state index contributed by atoms with van der Waals surface area (Å²) >= 11 is 0. The van der Waals surface area contributed by atoms with Crippen LogP contribution in [0.4, 0.5) is 9.59 Å². The maximum atomic E-state index is 13.2. The molecule has 0 radical (unpaired) electrons. The smallest absolute Gasteiger partial charge is 0.410 e. The molecule has 7 heteroatoms. The number of amides is 2. The van der Waals surface area contributed by atoms with Gasteiger partial charge in [0, 0.05) is 18.6 Å². The van der Waals surface area contributed by atoms with Gasteiger partial charge in [0.2, 0.25) is 0 Å². The molecule has 32 heavy (non-hydrogen) atoms. The van der Waals surface area contributed by atoms with Crippen molar-refractivity contribution in [1.29, 1.82) is 0 Å². The molecule has 2 aromatic carbocycles. The van der Waals surface area contributed by atoms with E-state index >= 15 is 0 Å². The SMILES string of the molecule is C[C@H]1[C@@H](CO)[C@@H](NC(=O)OC(C)(C)C)[C@H](c2ccccc2)N1C(=O)OCc1ccccc1. The lowest BCUT2D eigenvalue weighted by molar-refractivity contribution is 0.0465. The van der Waals surface area contributed by atoms with Crippen molar-refractivity contribution in [3.63, 3.8) is 0 Å². The van der Waals surface area contributed by atoms with Crippen LogP contribution in [-0.4, -0.2) is 46.5 Å². The van der Waals surface area contributed by atoms with Gasteiger partial charge in [-0.3, -0.25) is 4.90 Å². The number of benzene rings is 2. The summed E-state index contributed by atoms with van der Waals surface area (Å²) in [5.41, 5.74) is 1.05. The quantitative estimate of drug-likeness (QED) is 0.725. The van der Waals surface area contributed by atoms with Crippen LogP contribution in [0.3, 0.4) is 0 Å². The highest BCUT2D eigenvalue weighted by atomic mass is 16.6. The van der Waals surface area contributed by atoms with E-state index in [4.69, 9.17) is 9.47 Å². The van der Waals surface area contributed by atoms with E-state index in [1.807, 2.05) is 67.6 Å². The molecule has 0 aliphatic carbocycles. The number of hydrogen-bond acceptors (Lipinski definition) is 5. The lowest BCUT2D eigenvalue weighted by atomic mass is 9.92. The Morgan fingerprint density at radius 3 is 2.19 bits per heavy atom. The number of rotatable bonds is 5. The first-order chi connectivity index (χ1) is 15.2. The molecule has 0 bridgehead atoms. The first-order valence-electron chi connectivity index (χ1n) is 10.9. The minimum absolute atomic E-state index is 0.137. The van der Waals surface area contributed by atoms with Crippen molar-refractivity contribution in [2.24, 2.45) is 5.92 Å². The fraction of sp³-hybridized carbons (Fsp3) is 0.440. The van der Waals surface area contributed by atoms with E-state index in [0.717, 1.165) is 11.1 Å². The van der Waals surface area contributed by atoms with E-state index in [-0.39, 0.29) is 19.3 Å². The molecule has 7 nitrogen and oxygen atoms in total. The topological polar surface area (TPSA) is 88.1 Å². The molecular formula is C25H32N2O5. The average molecular weight is 441 g/mol. The lowest BCUT2D eigenvalue weighted by Crippen LogP contribution is -2.46. The summed E-state index contributed by atoms with van der Waals surface area (Å²) in [5, 5.41) is 13.1. The zero-order valence-corrected chi connectivity index (χ0v) is 19.0. The molecule has 1 heterocycles. The number of carbonyl (C=O) groups is 2. The highest BCUT2D eigenvalue weighted by Crippen LogP contribution is 2.41. The Labute approximate surface area is 189 Å². The van der Waals surface area contributed by atoms with Gasteiger partial charge in [0.1, 0.15) is 12.2 Å². The van der Waals surface area contributed by atoms with Gasteiger partial charge in [-0.25, -0.2) is 9.59 Å². The average Bonchev–Trinajstić information content (AvgIpc) is 3.03. The number of likely N-dealkylation sites (tertiary alicyclic amines) is 1. The maximum Gasteiger partial charge on any atom is 0.410 e. The minimum Gasteiger partial charge on any atom is -0.445 e. The molecule has 2 N–H and O–H groups in total. The monoisotopic (exact) mass is 440 g/mol. The Bertz CT molecular complexity index is 898. The zero-order valence-electron chi connectivity index (χ0n) is 19.0. The second-order valence-corrected chi connectivity index (χ2v) is 9.06. The number of nitrogens with one attached hydrogen (secondary N) is 1. The largest absolute Gasteiger partial charge is 0.445 e. The number of carbonyl (C=O) groups excluding carboxylic acids is 2. The molecule has 1 aliphatic heterocycles. The Hall–Kier alpha value is -3.06. The van der Waals surface area contributed by atoms with Crippen LogP contribution in [0.5, 0.6) is 0 Å². The molecule has 2 aromatic rings. The summed E-state index contributed by atoms with van der Waals surface area (Å²) in [6.45, 7) is 7.16. The number of aliphatic hydroxyl groups excluding tert-OH is 1. The first-order valence-corrected chi connectivity index (χ1v) is 10.9. The third-order valence-electron chi connectivity index (χ3n) is 5.61. The normalized spacial score (nSPS) is 23.0. The van der Waals surface area contributed by atoms with Gasteiger partial charge in [0.15, 0.2) is 0 Å². The number of ether oxygens (including phenoxy) is 2. The van der Waals surface area contributed by atoms with Crippen molar-refractivity contribution < 1.29 is 24.2 Å². The summed E-state index contributed by atoms with van der Waals surface area (Å²) in [6, 6.07) is 17.5. The highest BCUT2D eigenvalue weighted by molar-refractivity contribution is 5.72. The second kappa shape index (κ2) is 10.0. The molecule has 1 aliphatic rings. The van der Waals surface area contributed by atoms with E-state index < -0.39 is 35.8 Å². The van der Waals surface area contributed by atoms with Crippen molar-refractivity contribution >= 4 is 12.2 Å². The molecule has 4 atom stereocenters. The van der Waals surface area contributed by atoms with Crippen molar-refractivity contribution in [3.05, 3.63) is 71.8 Å². The van der Waals surface area contributed by atoms with E-state index in [2.05, 4.69) is 5.32 Å². The Balaban J connectivity index is 1.88.